The van der Waals surface area contributed by atoms with Gasteiger partial charge in [0.2, 0.25) is 5.91 Å². The number of benzene rings is 1. The standard InChI is InChI=1S/C12H15N3O2S2/c13-10(7-18)19-12(14)15-11(17)9(6-16)8-4-2-1-3-5-8/h1-5,9,13,16,18H,6-7H2,(H2,14,15,17). The molecule has 1 aromatic carbocycles. The Bertz CT molecular complexity index is 465. The van der Waals surface area contributed by atoms with E-state index in [4.69, 9.17) is 10.8 Å². The molecule has 5 nitrogen and oxygen atoms in total. The highest BCUT2D eigenvalue weighted by molar-refractivity contribution is 8.27. The zero-order valence-electron chi connectivity index (χ0n) is 10.1. The van der Waals surface area contributed by atoms with Crippen molar-refractivity contribution in [2.45, 2.75) is 5.92 Å². The smallest absolute Gasteiger partial charge is 0.235 e. The molecule has 0 aliphatic heterocycles. The first kappa shape index (κ1) is 15.7. The molecular formula is C12H15N3O2S2. The van der Waals surface area contributed by atoms with Gasteiger partial charge < -0.3 is 10.4 Å². The van der Waals surface area contributed by atoms with E-state index >= 15 is 0 Å². The number of nitrogens with one attached hydrogen (secondary N) is 3. The van der Waals surface area contributed by atoms with Crippen LogP contribution in [-0.4, -0.2) is 33.6 Å². The van der Waals surface area contributed by atoms with E-state index < -0.39 is 11.8 Å². The van der Waals surface area contributed by atoms with Gasteiger partial charge in [0.1, 0.15) is 0 Å². The summed E-state index contributed by atoms with van der Waals surface area (Å²) in [6.07, 6.45) is 0. The summed E-state index contributed by atoms with van der Waals surface area (Å²) in [4.78, 5) is 11.9. The number of amides is 1. The summed E-state index contributed by atoms with van der Waals surface area (Å²) in [5.41, 5.74) is 0.685. The number of carbonyl (C=O) groups excluding carboxylic acids is 1. The Morgan fingerprint density at radius 2 is 2.00 bits per heavy atom. The minimum Gasteiger partial charge on any atom is -0.395 e. The Labute approximate surface area is 121 Å². The topological polar surface area (TPSA) is 97.0 Å². The Morgan fingerprint density at radius 3 is 2.53 bits per heavy atom. The largest absolute Gasteiger partial charge is 0.395 e. The highest BCUT2D eigenvalue weighted by Crippen LogP contribution is 2.15. The summed E-state index contributed by atoms with van der Waals surface area (Å²) in [6.45, 7) is -0.336. The number of aliphatic hydroxyl groups excluding tert-OH is 1. The predicted molar refractivity (Wildman–Crippen MR) is 81.3 cm³/mol. The van der Waals surface area contributed by atoms with Crippen molar-refractivity contribution in [1.82, 2.24) is 5.32 Å². The molecule has 1 unspecified atom stereocenters. The fraction of sp³-hybridized carbons (Fsp3) is 0.250. The number of hydrogen-bond acceptors (Lipinski definition) is 6. The van der Waals surface area contributed by atoms with Crippen LogP contribution in [0.15, 0.2) is 30.3 Å². The van der Waals surface area contributed by atoms with E-state index in [0.29, 0.717) is 5.56 Å². The minimum atomic E-state index is -0.715. The van der Waals surface area contributed by atoms with Crippen molar-refractivity contribution < 1.29 is 9.90 Å². The van der Waals surface area contributed by atoms with Crippen molar-refractivity contribution in [2.24, 2.45) is 0 Å². The molecule has 0 aromatic heterocycles. The van der Waals surface area contributed by atoms with Gasteiger partial charge in [-0.3, -0.25) is 15.6 Å². The van der Waals surface area contributed by atoms with E-state index in [1.165, 1.54) is 0 Å². The molecule has 0 aliphatic carbocycles. The lowest BCUT2D eigenvalue weighted by atomic mass is 9.99. The van der Waals surface area contributed by atoms with Gasteiger partial charge in [-0.1, -0.05) is 30.3 Å². The average molecular weight is 297 g/mol. The Kier molecular flexibility index (Phi) is 6.61. The quantitative estimate of drug-likeness (QED) is 0.330. The van der Waals surface area contributed by atoms with Gasteiger partial charge in [-0.2, -0.15) is 12.6 Å². The molecule has 1 amide bonds. The van der Waals surface area contributed by atoms with Gasteiger partial charge in [0, 0.05) is 5.75 Å². The van der Waals surface area contributed by atoms with Gasteiger partial charge in [0.15, 0.2) is 5.17 Å². The van der Waals surface area contributed by atoms with Crippen LogP contribution in [0.1, 0.15) is 11.5 Å². The third-order valence-electron chi connectivity index (χ3n) is 2.31. The summed E-state index contributed by atoms with van der Waals surface area (Å²) in [5, 5.41) is 26.6. The van der Waals surface area contributed by atoms with Gasteiger partial charge in [-0.25, -0.2) is 0 Å². The van der Waals surface area contributed by atoms with Gasteiger partial charge in [0.25, 0.3) is 0 Å². The van der Waals surface area contributed by atoms with Crippen LogP contribution in [0.2, 0.25) is 0 Å². The summed E-state index contributed by atoms with van der Waals surface area (Å²) in [7, 11) is 0. The Hall–Kier alpha value is -1.31. The van der Waals surface area contributed by atoms with Crippen LogP contribution in [0.4, 0.5) is 0 Å². The molecule has 0 radical (unpaired) electrons. The van der Waals surface area contributed by atoms with E-state index in [2.05, 4.69) is 17.9 Å². The van der Waals surface area contributed by atoms with Crippen molar-refractivity contribution in [1.29, 1.82) is 10.8 Å². The number of hydrogen-bond donors (Lipinski definition) is 5. The van der Waals surface area contributed by atoms with Gasteiger partial charge >= 0.3 is 0 Å². The first-order valence-electron chi connectivity index (χ1n) is 5.49. The minimum absolute atomic E-state index is 0.140. The zero-order valence-corrected chi connectivity index (χ0v) is 11.8. The van der Waals surface area contributed by atoms with Crippen LogP contribution in [-0.2, 0) is 4.79 Å². The van der Waals surface area contributed by atoms with Gasteiger partial charge in [0.05, 0.1) is 17.6 Å². The fourth-order valence-electron chi connectivity index (χ4n) is 1.41. The molecule has 1 rings (SSSR count). The number of thioether (sulfide) groups is 1. The second-order valence-electron chi connectivity index (χ2n) is 3.65. The molecule has 0 spiro atoms. The van der Waals surface area contributed by atoms with E-state index in [1.807, 2.05) is 6.07 Å². The van der Waals surface area contributed by atoms with Crippen LogP contribution in [0.25, 0.3) is 0 Å². The van der Waals surface area contributed by atoms with E-state index in [9.17, 15) is 9.90 Å². The molecule has 102 valence electrons. The maximum atomic E-state index is 11.9. The van der Waals surface area contributed by atoms with Crippen molar-refractivity contribution in [2.75, 3.05) is 12.4 Å². The fourth-order valence-corrected chi connectivity index (χ4v) is 2.06. The highest BCUT2D eigenvalue weighted by Gasteiger charge is 2.20. The molecule has 7 heteroatoms. The molecule has 4 N–H and O–H groups in total. The number of thiol groups is 1. The van der Waals surface area contributed by atoms with Crippen LogP contribution in [0, 0.1) is 10.8 Å². The number of carbonyl (C=O) groups is 1. The maximum absolute atomic E-state index is 11.9. The maximum Gasteiger partial charge on any atom is 0.235 e. The lowest BCUT2D eigenvalue weighted by molar-refractivity contribution is -0.121. The number of amidine groups is 1. The van der Waals surface area contributed by atoms with Crippen LogP contribution < -0.4 is 5.32 Å². The molecule has 0 bridgehead atoms. The van der Waals surface area contributed by atoms with E-state index in [-0.39, 0.29) is 22.6 Å². The second-order valence-corrected chi connectivity index (χ2v) is 5.07. The molecule has 0 saturated heterocycles. The van der Waals surface area contributed by atoms with E-state index in [1.54, 1.807) is 24.3 Å². The summed E-state index contributed by atoms with van der Waals surface area (Å²) in [5.74, 6) is -0.962. The van der Waals surface area contributed by atoms with Crippen molar-refractivity contribution in [3.63, 3.8) is 0 Å². The van der Waals surface area contributed by atoms with Gasteiger partial charge in [-0.05, 0) is 17.3 Å². The van der Waals surface area contributed by atoms with Crippen molar-refractivity contribution in [3.05, 3.63) is 35.9 Å². The molecule has 0 saturated carbocycles. The first-order valence-corrected chi connectivity index (χ1v) is 6.94. The number of rotatable bonds is 4. The third-order valence-corrected chi connectivity index (χ3v) is 3.53. The normalized spacial score (nSPS) is 11.7. The van der Waals surface area contributed by atoms with Crippen molar-refractivity contribution >= 4 is 40.5 Å². The molecule has 1 aromatic rings. The van der Waals surface area contributed by atoms with Gasteiger partial charge in [-0.15, -0.1) is 0 Å². The lowest BCUT2D eigenvalue weighted by Crippen LogP contribution is -2.34. The highest BCUT2D eigenvalue weighted by atomic mass is 32.2. The summed E-state index contributed by atoms with van der Waals surface area (Å²) in [6, 6.07) is 8.87. The molecule has 0 fully saturated rings. The lowest BCUT2D eigenvalue weighted by Gasteiger charge is -2.14. The molecular weight excluding hydrogens is 282 g/mol. The van der Waals surface area contributed by atoms with Crippen LogP contribution >= 0.6 is 24.4 Å². The molecule has 19 heavy (non-hydrogen) atoms. The SMILES string of the molecule is N=C(CS)SC(=N)NC(=O)C(CO)c1ccccc1. The Balaban J connectivity index is 2.65. The second kappa shape index (κ2) is 7.98. The van der Waals surface area contributed by atoms with E-state index in [0.717, 1.165) is 11.8 Å². The first-order chi connectivity index (χ1) is 9.08. The number of aliphatic hydroxyl groups is 1. The molecule has 0 heterocycles. The molecule has 0 aliphatic rings. The van der Waals surface area contributed by atoms with Crippen LogP contribution in [0.3, 0.4) is 0 Å². The molecule has 1 atom stereocenters. The summed E-state index contributed by atoms with van der Waals surface area (Å²) >= 11 is 4.73. The summed E-state index contributed by atoms with van der Waals surface area (Å²) < 4.78 is 0. The van der Waals surface area contributed by atoms with Crippen LogP contribution in [0.5, 0.6) is 0 Å². The average Bonchev–Trinajstić information content (AvgIpc) is 2.40. The Morgan fingerprint density at radius 1 is 1.37 bits per heavy atom. The monoisotopic (exact) mass is 297 g/mol. The third kappa shape index (κ3) is 5.06. The predicted octanol–water partition coefficient (Wildman–Crippen LogP) is 1.45. The zero-order chi connectivity index (χ0) is 14.3. The van der Waals surface area contributed by atoms with Crippen molar-refractivity contribution in [3.8, 4) is 0 Å².